The molecule has 1 heterocycles. The first kappa shape index (κ1) is 36.9. The largest absolute Gasteiger partial charge is 0.494 e. The summed E-state index contributed by atoms with van der Waals surface area (Å²) in [6.45, 7) is -0.213. The van der Waals surface area contributed by atoms with E-state index in [0.29, 0.717) is 17.7 Å². The predicted octanol–water partition coefficient (Wildman–Crippen LogP) is 6.35. The molecule has 0 fully saturated rings. The second-order valence-corrected chi connectivity index (χ2v) is 13.5. The van der Waals surface area contributed by atoms with Crippen LogP contribution in [0.1, 0.15) is 41.2 Å². The average molecular weight is 723 g/mol. The maximum Gasteiger partial charge on any atom is 0.416 e. The molecule has 1 aliphatic rings. The van der Waals surface area contributed by atoms with E-state index in [-0.39, 0.29) is 40.8 Å². The Morgan fingerprint density at radius 3 is 2.39 bits per heavy atom. The fourth-order valence-electron chi connectivity index (χ4n) is 5.51. The van der Waals surface area contributed by atoms with Crippen molar-refractivity contribution in [3.63, 3.8) is 0 Å². The van der Waals surface area contributed by atoms with E-state index in [0.717, 1.165) is 6.07 Å². The number of aliphatic hydroxyl groups excluding tert-OH is 1. The number of ether oxygens (including phenoxy) is 2. The highest BCUT2D eigenvalue weighted by Crippen LogP contribution is 2.46. The molecule has 3 N–H and O–H groups in total. The van der Waals surface area contributed by atoms with E-state index in [1.807, 2.05) is 0 Å². The predicted molar refractivity (Wildman–Crippen MR) is 182 cm³/mol. The zero-order valence-electron chi connectivity index (χ0n) is 27.0. The van der Waals surface area contributed by atoms with Crippen LogP contribution < -0.4 is 15.6 Å². The molecule has 0 aromatic heterocycles. The normalized spacial score (nSPS) is 17.2. The second-order valence-electron chi connectivity index (χ2n) is 11.4. The zero-order chi connectivity index (χ0) is 36.5. The van der Waals surface area contributed by atoms with E-state index in [9.17, 15) is 31.9 Å². The fraction of sp³-hybridized carbons (Fsp3) is 0.257. The van der Waals surface area contributed by atoms with Gasteiger partial charge in [0.15, 0.2) is 21.5 Å². The van der Waals surface area contributed by atoms with Crippen molar-refractivity contribution in [3.05, 3.63) is 136 Å². The standard InChI is InChI=1S/C35H33F3N6O6S/c36-35(37,38)29-13-6-4-9-25(29)23-40-43-33(46)34(19-22-51(47,48)27-10-2-1-3-11-27)31(28-12-5-7-14-30(28)42-44-39)50-32(41-34)24-15-17-26(18-16-24)49-21-8-20-45/h1-7,9-18,31,40,45H,8,19-23H2,(H,43,46)/t31-,34-/m0/s1. The molecule has 0 unspecified atom stereocenters. The molecule has 2 atom stereocenters. The average Bonchev–Trinajstić information content (AvgIpc) is 3.52. The topological polar surface area (TPSA) is 175 Å². The van der Waals surface area contributed by atoms with Gasteiger partial charge in [0.05, 0.1) is 22.8 Å². The van der Waals surface area contributed by atoms with Gasteiger partial charge in [-0.3, -0.25) is 10.2 Å². The number of nitrogens with zero attached hydrogens (tertiary/aromatic N) is 4. The number of alkyl halides is 3. The number of halogens is 3. The zero-order valence-corrected chi connectivity index (χ0v) is 27.8. The SMILES string of the molecule is [N-]=[N+]=Nc1ccccc1[C@@H]1OC(c2ccc(OCCCO)cc2)=N[C@]1(CCS(=O)(=O)c1ccccc1)C(=O)NNCc1ccccc1C(F)(F)F. The summed E-state index contributed by atoms with van der Waals surface area (Å²) >= 11 is 0. The lowest BCUT2D eigenvalue weighted by Crippen LogP contribution is -2.53. The van der Waals surface area contributed by atoms with E-state index < -0.39 is 57.8 Å². The smallest absolute Gasteiger partial charge is 0.416 e. The summed E-state index contributed by atoms with van der Waals surface area (Å²) in [5, 5.41) is 12.8. The molecule has 51 heavy (non-hydrogen) atoms. The molecule has 0 saturated carbocycles. The number of sulfone groups is 1. The maximum absolute atomic E-state index is 14.4. The molecule has 0 aliphatic carbocycles. The number of hydrazine groups is 1. The first-order chi connectivity index (χ1) is 24.5. The minimum Gasteiger partial charge on any atom is -0.494 e. The lowest BCUT2D eigenvalue weighted by atomic mass is 9.84. The molecular formula is C35H33F3N6O6S. The fourth-order valence-corrected chi connectivity index (χ4v) is 6.90. The highest BCUT2D eigenvalue weighted by Gasteiger charge is 2.54. The Hall–Kier alpha value is -5.41. The summed E-state index contributed by atoms with van der Waals surface area (Å²) in [6, 6.07) is 25.2. The molecule has 0 saturated heterocycles. The maximum atomic E-state index is 14.4. The molecule has 12 nitrogen and oxygen atoms in total. The summed E-state index contributed by atoms with van der Waals surface area (Å²) in [5.74, 6) is -1.06. The summed E-state index contributed by atoms with van der Waals surface area (Å²) in [5.41, 5.74) is 11.9. The van der Waals surface area contributed by atoms with Gasteiger partial charge in [0.2, 0.25) is 5.90 Å². The molecule has 5 rings (SSSR count). The first-order valence-corrected chi connectivity index (χ1v) is 17.3. The second kappa shape index (κ2) is 16.1. The monoisotopic (exact) mass is 722 g/mol. The number of rotatable bonds is 15. The van der Waals surface area contributed by atoms with Crippen LogP contribution in [0.5, 0.6) is 5.75 Å². The molecule has 1 amide bonds. The van der Waals surface area contributed by atoms with Gasteiger partial charge in [0, 0.05) is 47.7 Å². The third kappa shape index (κ3) is 8.67. The molecular weight excluding hydrogens is 689 g/mol. The van der Waals surface area contributed by atoms with Crippen molar-refractivity contribution < 1.29 is 41.0 Å². The lowest BCUT2D eigenvalue weighted by molar-refractivity contribution is -0.138. The molecule has 4 aromatic carbocycles. The van der Waals surface area contributed by atoms with Crippen LogP contribution in [-0.2, 0) is 32.1 Å². The Labute approximate surface area is 291 Å². The summed E-state index contributed by atoms with van der Waals surface area (Å²) in [4.78, 5) is 22.0. The van der Waals surface area contributed by atoms with Gasteiger partial charge in [-0.15, -0.1) is 0 Å². The number of hydrogen-bond acceptors (Lipinski definition) is 9. The van der Waals surface area contributed by atoms with Crippen LogP contribution in [0.2, 0.25) is 0 Å². The van der Waals surface area contributed by atoms with Crippen LogP contribution in [-0.4, -0.2) is 49.8 Å². The number of benzene rings is 4. The van der Waals surface area contributed by atoms with Gasteiger partial charge in [0.1, 0.15) is 5.75 Å². The van der Waals surface area contributed by atoms with E-state index in [1.54, 1.807) is 60.7 Å². The van der Waals surface area contributed by atoms with Crippen molar-refractivity contribution in [1.82, 2.24) is 10.9 Å². The molecule has 1 aliphatic heterocycles. The molecule has 0 spiro atoms. The molecule has 266 valence electrons. The van der Waals surface area contributed by atoms with E-state index in [1.165, 1.54) is 36.4 Å². The summed E-state index contributed by atoms with van der Waals surface area (Å²) in [7, 11) is -4.00. The van der Waals surface area contributed by atoms with E-state index in [4.69, 9.17) is 19.6 Å². The van der Waals surface area contributed by atoms with Crippen molar-refractivity contribution in [2.75, 3.05) is 19.0 Å². The van der Waals surface area contributed by atoms with Gasteiger partial charge in [-0.2, -0.15) is 13.2 Å². The number of aliphatic hydroxyl groups is 1. The van der Waals surface area contributed by atoms with Crippen molar-refractivity contribution in [2.24, 2.45) is 10.1 Å². The summed E-state index contributed by atoms with van der Waals surface area (Å²) in [6.07, 6.45) is -6.03. The van der Waals surface area contributed by atoms with Crippen LogP contribution in [0.3, 0.4) is 0 Å². The van der Waals surface area contributed by atoms with Crippen molar-refractivity contribution in [1.29, 1.82) is 0 Å². The van der Waals surface area contributed by atoms with Crippen LogP contribution >= 0.6 is 0 Å². The highest BCUT2D eigenvalue weighted by atomic mass is 32.2. The van der Waals surface area contributed by atoms with E-state index in [2.05, 4.69) is 20.9 Å². The van der Waals surface area contributed by atoms with E-state index >= 15 is 0 Å². The molecule has 0 bridgehead atoms. The van der Waals surface area contributed by atoms with Gasteiger partial charge in [-0.1, -0.05) is 65.8 Å². The Bertz CT molecular complexity index is 2020. The number of nitrogens with one attached hydrogen (secondary N) is 2. The van der Waals surface area contributed by atoms with Gasteiger partial charge in [-0.05, 0) is 53.6 Å². The Kier molecular flexibility index (Phi) is 11.6. The van der Waals surface area contributed by atoms with Gasteiger partial charge in [0.25, 0.3) is 5.91 Å². The van der Waals surface area contributed by atoms with Gasteiger partial charge < -0.3 is 14.6 Å². The molecule has 0 radical (unpaired) electrons. The number of amides is 1. The van der Waals surface area contributed by atoms with Crippen molar-refractivity contribution in [2.45, 2.75) is 42.1 Å². The third-order valence-electron chi connectivity index (χ3n) is 8.06. The number of hydrogen-bond donors (Lipinski definition) is 3. The van der Waals surface area contributed by atoms with Gasteiger partial charge in [-0.25, -0.2) is 18.8 Å². The van der Waals surface area contributed by atoms with Crippen LogP contribution in [0.4, 0.5) is 18.9 Å². The number of carbonyl (C=O) groups excluding carboxylic acids is 1. The number of azide groups is 1. The summed E-state index contributed by atoms with van der Waals surface area (Å²) < 4.78 is 80.1. The number of carbonyl (C=O) groups is 1. The lowest BCUT2D eigenvalue weighted by Gasteiger charge is -2.31. The van der Waals surface area contributed by atoms with Crippen LogP contribution in [0, 0.1) is 0 Å². The Morgan fingerprint density at radius 1 is 1.00 bits per heavy atom. The Morgan fingerprint density at radius 2 is 1.69 bits per heavy atom. The van der Waals surface area contributed by atoms with Crippen molar-refractivity contribution in [3.8, 4) is 5.75 Å². The van der Waals surface area contributed by atoms with Crippen molar-refractivity contribution >= 4 is 27.3 Å². The minimum atomic E-state index is -4.65. The van der Waals surface area contributed by atoms with Crippen LogP contribution in [0.25, 0.3) is 10.4 Å². The quantitative estimate of drug-likeness (QED) is 0.0421. The number of aliphatic imine (C=N–C) groups is 1. The Balaban J connectivity index is 1.57. The third-order valence-corrected chi connectivity index (χ3v) is 9.79. The highest BCUT2D eigenvalue weighted by molar-refractivity contribution is 7.91. The van der Waals surface area contributed by atoms with Gasteiger partial charge >= 0.3 is 6.18 Å². The van der Waals surface area contributed by atoms with Crippen LogP contribution in [0.15, 0.2) is 118 Å². The molecule has 16 heteroatoms. The first-order valence-electron chi connectivity index (χ1n) is 15.7. The molecule has 4 aromatic rings. The minimum absolute atomic E-state index is 0.00776.